The van der Waals surface area contributed by atoms with Crippen LogP contribution < -0.4 is 51.4 Å². The third-order valence-electron chi connectivity index (χ3n) is 2.57. The molecule has 0 unspecified atom stereocenters. The Labute approximate surface area is 172 Å². The number of benzene rings is 2. The van der Waals surface area contributed by atoms with E-state index in [0.717, 1.165) is 23.5 Å². The van der Waals surface area contributed by atoms with Crippen LogP contribution in [-0.4, -0.2) is 6.61 Å². The van der Waals surface area contributed by atoms with E-state index in [-0.39, 0.29) is 51.4 Å². The van der Waals surface area contributed by atoms with Crippen LogP contribution in [0.15, 0.2) is 42.5 Å². The SMILES string of the molecule is CCOCc1ccc([N-]c2ccc(Cl)c(Cl)c2)cc1.[K+]. The summed E-state index contributed by atoms with van der Waals surface area (Å²) in [5.74, 6) is 0. The van der Waals surface area contributed by atoms with Crippen molar-refractivity contribution in [3.63, 3.8) is 0 Å². The Morgan fingerprint density at radius 2 is 1.60 bits per heavy atom. The van der Waals surface area contributed by atoms with Gasteiger partial charge in [-0.25, -0.2) is 0 Å². The molecule has 0 fully saturated rings. The molecule has 0 saturated heterocycles. The van der Waals surface area contributed by atoms with Crippen molar-refractivity contribution >= 4 is 34.6 Å². The Bertz CT molecular complexity index is 546. The molecule has 0 aliphatic heterocycles. The van der Waals surface area contributed by atoms with Gasteiger partial charge < -0.3 is 10.1 Å². The van der Waals surface area contributed by atoms with E-state index in [1.54, 1.807) is 12.1 Å². The molecule has 20 heavy (non-hydrogen) atoms. The summed E-state index contributed by atoms with van der Waals surface area (Å²) in [7, 11) is 0. The Morgan fingerprint density at radius 3 is 2.20 bits per heavy atom. The molecule has 0 radical (unpaired) electrons. The zero-order valence-electron chi connectivity index (χ0n) is 11.6. The average molecular weight is 334 g/mol. The van der Waals surface area contributed by atoms with Gasteiger partial charge in [0, 0.05) is 6.61 Å². The number of halogens is 2. The van der Waals surface area contributed by atoms with Crippen LogP contribution in [0.2, 0.25) is 10.0 Å². The quantitative estimate of drug-likeness (QED) is 0.771. The van der Waals surface area contributed by atoms with Gasteiger partial charge in [-0.3, -0.25) is 0 Å². The van der Waals surface area contributed by atoms with E-state index in [1.807, 2.05) is 37.3 Å². The molecule has 0 heterocycles. The normalized spacial score (nSPS) is 9.95. The second-order valence-electron chi connectivity index (χ2n) is 4.01. The summed E-state index contributed by atoms with van der Waals surface area (Å²) in [4.78, 5) is 0. The standard InChI is InChI=1S/C15H14Cl2NO.K/c1-2-19-10-11-3-5-12(6-4-11)18-13-7-8-14(16)15(17)9-13;/h3-9H,2,10H2,1H3;/q-1;+1. The van der Waals surface area contributed by atoms with Crippen molar-refractivity contribution in [1.82, 2.24) is 0 Å². The van der Waals surface area contributed by atoms with Gasteiger partial charge in [-0.05, 0) is 18.6 Å². The fraction of sp³-hybridized carbons (Fsp3) is 0.200. The molecule has 0 bridgehead atoms. The smallest absolute Gasteiger partial charge is 0.658 e. The maximum Gasteiger partial charge on any atom is 1.00 e. The van der Waals surface area contributed by atoms with E-state index in [4.69, 9.17) is 27.9 Å². The van der Waals surface area contributed by atoms with E-state index in [9.17, 15) is 0 Å². The van der Waals surface area contributed by atoms with Gasteiger partial charge in [-0.2, -0.15) is 0 Å². The Hall–Kier alpha value is 0.416. The van der Waals surface area contributed by atoms with Crippen LogP contribution in [0.25, 0.3) is 5.32 Å². The monoisotopic (exact) mass is 333 g/mol. The van der Waals surface area contributed by atoms with Crippen molar-refractivity contribution < 1.29 is 56.1 Å². The van der Waals surface area contributed by atoms with Gasteiger partial charge in [0.15, 0.2) is 0 Å². The third kappa shape index (κ3) is 5.66. The number of hydrogen-bond acceptors (Lipinski definition) is 1. The molecule has 0 atom stereocenters. The van der Waals surface area contributed by atoms with Crippen LogP contribution in [-0.2, 0) is 11.3 Å². The summed E-state index contributed by atoms with van der Waals surface area (Å²) in [5, 5.41) is 5.53. The zero-order valence-corrected chi connectivity index (χ0v) is 16.2. The predicted octanol–water partition coefficient (Wildman–Crippen LogP) is 2.87. The van der Waals surface area contributed by atoms with Crippen LogP contribution in [0.4, 0.5) is 11.4 Å². The second-order valence-corrected chi connectivity index (χ2v) is 4.83. The van der Waals surface area contributed by atoms with E-state index >= 15 is 0 Å². The van der Waals surface area contributed by atoms with E-state index in [0.29, 0.717) is 16.7 Å². The molecule has 2 aromatic rings. The summed E-state index contributed by atoms with van der Waals surface area (Å²) in [5.41, 5.74) is 2.79. The molecule has 0 amide bonds. The number of rotatable bonds is 5. The maximum atomic E-state index is 5.95. The minimum Gasteiger partial charge on any atom is -0.658 e. The first-order chi connectivity index (χ1) is 9.19. The zero-order chi connectivity index (χ0) is 13.7. The largest absolute Gasteiger partial charge is 1.00 e. The fourth-order valence-electron chi connectivity index (χ4n) is 1.59. The van der Waals surface area contributed by atoms with E-state index in [1.165, 1.54) is 0 Å². The van der Waals surface area contributed by atoms with Crippen LogP contribution in [0, 0.1) is 0 Å². The Kier molecular flexibility index (Phi) is 8.71. The molecule has 100 valence electrons. The molecule has 0 N–H and O–H groups in total. The van der Waals surface area contributed by atoms with Crippen molar-refractivity contribution in [3.8, 4) is 0 Å². The molecule has 0 aromatic heterocycles. The van der Waals surface area contributed by atoms with Gasteiger partial charge in [0.25, 0.3) is 0 Å². The van der Waals surface area contributed by atoms with E-state index in [2.05, 4.69) is 5.32 Å². The Balaban J connectivity index is 0.00000200. The van der Waals surface area contributed by atoms with Crippen molar-refractivity contribution in [2.75, 3.05) is 6.61 Å². The first kappa shape index (κ1) is 18.5. The molecule has 5 heteroatoms. The molecular weight excluding hydrogens is 320 g/mol. The van der Waals surface area contributed by atoms with Crippen molar-refractivity contribution in [1.29, 1.82) is 0 Å². The van der Waals surface area contributed by atoms with Crippen molar-refractivity contribution in [3.05, 3.63) is 63.4 Å². The molecule has 2 nitrogen and oxygen atoms in total. The van der Waals surface area contributed by atoms with Gasteiger partial charge in [0.2, 0.25) is 0 Å². The molecule has 0 spiro atoms. The summed E-state index contributed by atoms with van der Waals surface area (Å²) >= 11 is 11.8. The molecular formula is C15H14Cl2KNO. The van der Waals surface area contributed by atoms with Gasteiger partial charge in [0.1, 0.15) is 0 Å². The van der Waals surface area contributed by atoms with Crippen LogP contribution in [0.5, 0.6) is 0 Å². The Morgan fingerprint density at radius 1 is 0.950 bits per heavy atom. The van der Waals surface area contributed by atoms with Crippen molar-refractivity contribution in [2.45, 2.75) is 13.5 Å². The van der Waals surface area contributed by atoms with Gasteiger partial charge in [-0.15, -0.1) is 11.4 Å². The number of hydrogen-bond donors (Lipinski definition) is 0. The molecule has 0 saturated carbocycles. The third-order valence-corrected chi connectivity index (χ3v) is 3.31. The van der Waals surface area contributed by atoms with Crippen LogP contribution in [0.1, 0.15) is 12.5 Å². The molecule has 0 aliphatic carbocycles. The van der Waals surface area contributed by atoms with Gasteiger partial charge in [0.05, 0.1) is 16.7 Å². The van der Waals surface area contributed by atoms with Gasteiger partial charge >= 0.3 is 51.4 Å². The summed E-state index contributed by atoms with van der Waals surface area (Å²) in [6.07, 6.45) is 0. The summed E-state index contributed by atoms with van der Waals surface area (Å²) in [6, 6.07) is 13.2. The first-order valence-electron chi connectivity index (χ1n) is 6.02. The number of ether oxygens (including phenoxy) is 1. The number of nitrogens with zero attached hydrogens (tertiary/aromatic N) is 1. The minimum atomic E-state index is 0. The van der Waals surface area contributed by atoms with Crippen LogP contribution >= 0.6 is 23.2 Å². The van der Waals surface area contributed by atoms with Crippen molar-refractivity contribution in [2.24, 2.45) is 0 Å². The van der Waals surface area contributed by atoms with Crippen LogP contribution in [0.3, 0.4) is 0 Å². The maximum absolute atomic E-state index is 5.95. The minimum absolute atomic E-state index is 0. The summed E-state index contributed by atoms with van der Waals surface area (Å²) in [6.45, 7) is 3.33. The first-order valence-corrected chi connectivity index (χ1v) is 6.78. The second kappa shape index (κ2) is 9.44. The molecule has 2 aromatic carbocycles. The van der Waals surface area contributed by atoms with Gasteiger partial charge in [-0.1, -0.05) is 59.6 Å². The molecule has 0 aliphatic rings. The molecule has 2 rings (SSSR count). The topological polar surface area (TPSA) is 23.3 Å². The average Bonchev–Trinajstić information content (AvgIpc) is 2.42. The summed E-state index contributed by atoms with van der Waals surface area (Å²) < 4.78 is 5.34. The fourth-order valence-corrected chi connectivity index (χ4v) is 1.88. The van der Waals surface area contributed by atoms with E-state index < -0.39 is 0 Å². The predicted molar refractivity (Wildman–Crippen MR) is 80.9 cm³/mol.